The van der Waals surface area contributed by atoms with Crippen molar-refractivity contribution in [3.05, 3.63) is 35.4 Å². The third kappa shape index (κ3) is 1.81. The number of aryl methyl sites for hydroxylation is 1. The molecule has 1 heterocycles. The minimum absolute atomic E-state index is 0.613. The largest absolute Gasteiger partial charge is 0.309 e. The van der Waals surface area contributed by atoms with E-state index in [1.54, 1.807) is 11.1 Å². The lowest BCUT2D eigenvalue weighted by atomic mass is 9.87. The highest BCUT2D eigenvalue weighted by Gasteiger charge is 2.30. The van der Waals surface area contributed by atoms with Crippen LogP contribution in [0.5, 0.6) is 0 Å². The van der Waals surface area contributed by atoms with Gasteiger partial charge in [-0.15, -0.1) is 0 Å². The number of rotatable bonds is 0. The van der Waals surface area contributed by atoms with Gasteiger partial charge in [0.2, 0.25) is 0 Å². The maximum absolute atomic E-state index is 3.72. The molecule has 1 aliphatic heterocycles. The number of hydrogen-bond donors (Lipinski definition) is 1. The van der Waals surface area contributed by atoms with Crippen LogP contribution < -0.4 is 5.32 Å². The average molecular weight is 219 g/mol. The van der Waals surface area contributed by atoms with Crippen molar-refractivity contribution in [2.24, 2.45) is 0 Å². The van der Waals surface area contributed by atoms with Crippen LogP contribution in [0.15, 0.2) is 24.3 Å². The molecule has 15 heavy (non-hydrogen) atoms. The predicted octanol–water partition coefficient (Wildman–Crippen LogP) is 2.77. The van der Waals surface area contributed by atoms with Gasteiger partial charge in [0.25, 0.3) is 0 Å². The number of benzene rings is 1. The Hall–Kier alpha value is -0.470. The molecule has 2 atom stereocenters. The van der Waals surface area contributed by atoms with Gasteiger partial charge in [-0.1, -0.05) is 24.3 Å². The van der Waals surface area contributed by atoms with Crippen molar-refractivity contribution in [1.82, 2.24) is 5.32 Å². The zero-order chi connectivity index (χ0) is 10.1. The molecule has 2 unspecified atom stereocenters. The number of hydrogen-bond acceptors (Lipinski definition) is 2. The van der Waals surface area contributed by atoms with Crippen LogP contribution in [0.3, 0.4) is 0 Å². The molecule has 0 aromatic heterocycles. The summed E-state index contributed by atoms with van der Waals surface area (Å²) >= 11 is 2.17. The molecular formula is C13H17NS. The van der Waals surface area contributed by atoms with Crippen LogP contribution >= 0.6 is 11.8 Å². The first-order chi connectivity index (χ1) is 7.45. The molecule has 1 aromatic carbocycles. The van der Waals surface area contributed by atoms with Crippen molar-refractivity contribution in [3.63, 3.8) is 0 Å². The highest BCUT2D eigenvalue weighted by Crippen LogP contribution is 2.38. The molecule has 0 radical (unpaired) electrons. The van der Waals surface area contributed by atoms with Gasteiger partial charge in [-0.2, -0.15) is 11.8 Å². The molecule has 1 fully saturated rings. The lowest BCUT2D eigenvalue weighted by Gasteiger charge is -2.32. The fraction of sp³-hybridized carbons (Fsp3) is 0.538. The molecule has 1 aliphatic carbocycles. The SMILES string of the molecule is c1ccc2c(c1)CCC1SCCCNC21. The first-order valence-electron chi connectivity index (χ1n) is 5.88. The van der Waals surface area contributed by atoms with E-state index in [2.05, 4.69) is 41.3 Å². The fourth-order valence-corrected chi connectivity index (χ4v) is 4.05. The summed E-state index contributed by atoms with van der Waals surface area (Å²) in [5, 5.41) is 4.53. The van der Waals surface area contributed by atoms with Gasteiger partial charge in [0.05, 0.1) is 0 Å². The monoisotopic (exact) mass is 219 g/mol. The summed E-state index contributed by atoms with van der Waals surface area (Å²) in [7, 11) is 0. The molecule has 1 N–H and O–H groups in total. The topological polar surface area (TPSA) is 12.0 Å². The molecule has 80 valence electrons. The molecule has 3 rings (SSSR count). The van der Waals surface area contributed by atoms with E-state index in [4.69, 9.17) is 0 Å². The van der Waals surface area contributed by atoms with Gasteiger partial charge in [0, 0.05) is 11.3 Å². The molecule has 2 aliphatic rings. The molecule has 0 spiro atoms. The zero-order valence-corrected chi connectivity index (χ0v) is 9.72. The normalized spacial score (nSPS) is 30.1. The Morgan fingerprint density at radius 2 is 2.20 bits per heavy atom. The Balaban J connectivity index is 1.96. The Bertz CT molecular complexity index is 350. The standard InChI is InChI=1S/C13H17NS/c1-2-5-11-10(4-1)6-7-12-13(11)14-8-3-9-15-12/h1-2,4-5,12-14H,3,6-9H2. The highest BCUT2D eigenvalue weighted by atomic mass is 32.2. The van der Waals surface area contributed by atoms with Gasteiger partial charge >= 0.3 is 0 Å². The van der Waals surface area contributed by atoms with Crippen LogP contribution in [0.25, 0.3) is 0 Å². The van der Waals surface area contributed by atoms with Crippen LogP contribution in [-0.4, -0.2) is 17.5 Å². The van der Waals surface area contributed by atoms with Gasteiger partial charge in [-0.05, 0) is 42.7 Å². The minimum Gasteiger partial charge on any atom is -0.309 e. The molecular weight excluding hydrogens is 202 g/mol. The van der Waals surface area contributed by atoms with Crippen LogP contribution in [0.2, 0.25) is 0 Å². The van der Waals surface area contributed by atoms with Gasteiger partial charge in [0.15, 0.2) is 0 Å². The number of fused-ring (bicyclic) bond motifs is 3. The summed E-state index contributed by atoms with van der Waals surface area (Å²) < 4.78 is 0. The second-order valence-corrected chi connectivity index (χ2v) is 5.78. The lowest BCUT2D eigenvalue weighted by Crippen LogP contribution is -2.33. The van der Waals surface area contributed by atoms with Crippen molar-refractivity contribution >= 4 is 11.8 Å². The Labute approximate surface area is 95.6 Å². The summed E-state index contributed by atoms with van der Waals surface area (Å²) in [5.41, 5.74) is 3.12. The third-order valence-corrected chi connectivity index (χ3v) is 4.94. The second-order valence-electron chi connectivity index (χ2n) is 4.43. The summed E-state index contributed by atoms with van der Waals surface area (Å²) in [6, 6.07) is 9.57. The van der Waals surface area contributed by atoms with E-state index in [1.165, 1.54) is 31.6 Å². The van der Waals surface area contributed by atoms with E-state index >= 15 is 0 Å². The Morgan fingerprint density at radius 3 is 3.20 bits per heavy atom. The van der Waals surface area contributed by atoms with Crippen LogP contribution in [-0.2, 0) is 6.42 Å². The zero-order valence-electron chi connectivity index (χ0n) is 8.91. The van der Waals surface area contributed by atoms with Crippen molar-refractivity contribution in [2.45, 2.75) is 30.6 Å². The smallest absolute Gasteiger partial charge is 0.0443 e. The van der Waals surface area contributed by atoms with Gasteiger partial charge < -0.3 is 5.32 Å². The predicted molar refractivity (Wildman–Crippen MR) is 66.4 cm³/mol. The van der Waals surface area contributed by atoms with E-state index < -0.39 is 0 Å². The molecule has 1 nitrogen and oxygen atoms in total. The summed E-state index contributed by atoms with van der Waals surface area (Å²) in [6.45, 7) is 1.18. The van der Waals surface area contributed by atoms with Gasteiger partial charge in [0.1, 0.15) is 0 Å². The third-order valence-electron chi connectivity index (χ3n) is 3.48. The van der Waals surface area contributed by atoms with Crippen LogP contribution in [0.1, 0.15) is 30.0 Å². The molecule has 2 heteroatoms. The molecule has 1 aromatic rings. The second kappa shape index (κ2) is 4.18. The summed E-state index contributed by atoms with van der Waals surface area (Å²) in [6.07, 6.45) is 3.94. The first kappa shape index (κ1) is 9.73. The first-order valence-corrected chi connectivity index (χ1v) is 6.93. The molecule has 0 bridgehead atoms. The Morgan fingerprint density at radius 1 is 1.27 bits per heavy atom. The number of thioether (sulfide) groups is 1. The molecule has 0 saturated carbocycles. The summed E-state index contributed by atoms with van der Waals surface area (Å²) in [4.78, 5) is 0. The van der Waals surface area contributed by atoms with E-state index in [1.807, 2.05) is 0 Å². The Kier molecular flexibility index (Phi) is 2.72. The van der Waals surface area contributed by atoms with Crippen molar-refractivity contribution in [2.75, 3.05) is 12.3 Å². The fourth-order valence-electron chi connectivity index (χ4n) is 2.72. The average Bonchev–Trinajstić information content (AvgIpc) is 2.54. The van der Waals surface area contributed by atoms with Crippen molar-refractivity contribution in [1.29, 1.82) is 0 Å². The van der Waals surface area contributed by atoms with Crippen LogP contribution in [0.4, 0.5) is 0 Å². The molecule has 1 saturated heterocycles. The van der Waals surface area contributed by atoms with Gasteiger partial charge in [-0.3, -0.25) is 0 Å². The van der Waals surface area contributed by atoms with Gasteiger partial charge in [-0.25, -0.2) is 0 Å². The van der Waals surface area contributed by atoms with Crippen LogP contribution in [0, 0.1) is 0 Å². The quantitative estimate of drug-likeness (QED) is 0.720. The van der Waals surface area contributed by atoms with Crippen molar-refractivity contribution in [3.8, 4) is 0 Å². The van der Waals surface area contributed by atoms with E-state index in [0.717, 1.165) is 5.25 Å². The van der Waals surface area contributed by atoms with E-state index in [9.17, 15) is 0 Å². The maximum atomic E-state index is 3.72. The lowest BCUT2D eigenvalue weighted by molar-refractivity contribution is 0.482. The van der Waals surface area contributed by atoms with Crippen molar-refractivity contribution < 1.29 is 0 Å². The number of nitrogens with one attached hydrogen (secondary N) is 1. The van der Waals surface area contributed by atoms with E-state index in [-0.39, 0.29) is 0 Å². The maximum Gasteiger partial charge on any atom is 0.0443 e. The summed E-state index contributed by atoms with van der Waals surface area (Å²) in [5.74, 6) is 1.33. The van der Waals surface area contributed by atoms with E-state index in [0.29, 0.717) is 6.04 Å². The molecule has 0 amide bonds. The minimum atomic E-state index is 0.613. The highest BCUT2D eigenvalue weighted by molar-refractivity contribution is 7.99.